The maximum Gasteiger partial charge on any atom is 0.355 e. The van der Waals surface area contributed by atoms with Gasteiger partial charge in [-0.3, -0.25) is 4.79 Å². The average molecular weight is 369 g/mol. The molecule has 1 N–H and O–H groups in total. The van der Waals surface area contributed by atoms with Crippen molar-refractivity contribution < 1.29 is 23.6 Å². The second-order valence-electron chi connectivity index (χ2n) is 6.00. The van der Waals surface area contributed by atoms with Crippen molar-refractivity contribution in [1.29, 1.82) is 0 Å². The van der Waals surface area contributed by atoms with Crippen molar-refractivity contribution in [2.75, 3.05) is 7.11 Å². The summed E-state index contributed by atoms with van der Waals surface area (Å²) in [5.74, 6) is 0.494. The van der Waals surface area contributed by atoms with E-state index in [4.69, 9.17) is 14.0 Å². The van der Waals surface area contributed by atoms with E-state index < -0.39 is 5.97 Å². The lowest BCUT2D eigenvalue weighted by Crippen LogP contribution is -2.08. The van der Waals surface area contributed by atoms with Crippen LogP contribution >= 0.6 is 0 Å². The van der Waals surface area contributed by atoms with Gasteiger partial charge in [0.25, 0.3) is 5.89 Å². The van der Waals surface area contributed by atoms with Crippen LogP contribution in [-0.2, 0) is 11.3 Å². The Morgan fingerprint density at radius 1 is 1.26 bits per heavy atom. The van der Waals surface area contributed by atoms with Crippen LogP contribution in [0.3, 0.4) is 0 Å². The predicted molar refractivity (Wildman–Crippen MR) is 95.7 cm³/mol. The summed E-state index contributed by atoms with van der Waals surface area (Å²) in [5.41, 5.74) is 2.65. The van der Waals surface area contributed by atoms with Gasteiger partial charge in [0.15, 0.2) is 12.4 Å². The van der Waals surface area contributed by atoms with Crippen LogP contribution in [0.2, 0.25) is 0 Å². The molecule has 0 aliphatic carbocycles. The molecular weight excluding hydrogens is 350 g/mol. The molecule has 0 saturated heterocycles. The SMILES string of the molecule is COc1cccc(-c2noc(COC(=O)c3[nH]c(C)c(C(C)=O)c3C)n2)c1. The van der Waals surface area contributed by atoms with E-state index in [0.717, 1.165) is 5.56 Å². The summed E-state index contributed by atoms with van der Waals surface area (Å²) in [7, 11) is 1.57. The second kappa shape index (κ2) is 7.45. The minimum absolute atomic E-state index is 0.111. The van der Waals surface area contributed by atoms with E-state index in [1.165, 1.54) is 6.92 Å². The molecule has 8 nitrogen and oxygen atoms in total. The topological polar surface area (TPSA) is 107 Å². The van der Waals surface area contributed by atoms with Crippen molar-refractivity contribution in [3.63, 3.8) is 0 Å². The minimum Gasteiger partial charge on any atom is -0.497 e. The molecule has 140 valence electrons. The van der Waals surface area contributed by atoms with Crippen molar-refractivity contribution >= 4 is 11.8 Å². The number of carbonyl (C=O) groups is 2. The van der Waals surface area contributed by atoms with Gasteiger partial charge in [-0.2, -0.15) is 4.98 Å². The average Bonchev–Trinajstić information content (AvgIpc) is 3.24. The first-order valence-electron chi connectivity index (χ1n) is 8.25. The molecule has 2 aromatic heterocycles. The number of rotatable bonds is 6. The number of carbonyl (C=O) groups excluding carboxylic acids is 2. The van der Waals surface area contributed by atoms with Gasteiger partial charge in [-0.1, -0.05) is 17.3 Å². The molecule has 8 heteroatoms. The number of Topliss-reactive ketones (excluding diaryl/α,β-unsaturated/α-hetero) is 1. The number of ketones is 1. The Bertz CT molecular complexity index is 1000. The number of aromatic amines is 1. The maximum atomic E-state index is 12.3. The minimum atomic E-state index is -0.593. The number of aromatic nitrogens is 3. The lowest BCUT2D eigenvalue weighted by atomic mass is 10.1. The van der Waals surface area contributed by atoms with Crippen LogP contribution < -0.4 is 4.74 Å². The van der Waals surface area contributed by atoms with Crippen molar-refractivity contribution in [2.24, 2.45) is 0 Å². The number of benzene rings is 1. The number of aryl methyl sites for hydroxylation is 1. The fourth-order valence-corrected chi connectivity index (χ4v) is 2.87. The van der Waals surface area contributed by atoms with E-state index in [9.17, 15) is 9.59 Å². The summed E-state index contributed by atoms with van der Waals surface area (Å²) in [6, 6.07) is 7.21. The third-order valence-corrected chi connectivity index (χ3v) is 4.12. The largest absolute Gasteiger partial charge is 0.497 e. The Morgan fingerprint density at radius 3 is 2.70 bits per heavy atom. The van der Waals surface area contributed by atoms with E-state index in [2.05, 4.69) is 15.1 Å². The van der Waals surface area contributed by atoms with Gasteiger partial charge in [0.05, 0.1) is 7.11 Å². The normalized spacial score (nSPS) is 10.7. The number of hydrogen-bond acceptors (Lipinski definition) is 7. The summed E-state index contributed by atoms with van der Waals surface area (Å²) in [5, 5.41) is 3.89. The number of ether oxygens (including phenoxy) is 2. The van der Waals surface area contributed by atoms with Crippen molar-refractivity contribution in [2.45, 2.75) is 27.4 Å². The van der Waals surface area contributed by atoms with Crippen molar-refractivity contribution in [3.8, 4) is 17.1 Å². The van der Waals surface area contributed by atoms with Gasteiger partial charge in [-0.05, 0) is 38.5 Å². The van der Waals surface area contributed by atoms with E-state index in [1.807, 2.05) is 18.2 Å². The standard InChI is InChI=1S/C19H19N3O5/c1-10-16(12(3)23)11(2)20-17(10)19(24)26-9-15-21-18(22-27-15)13-6-5-7-14(8-13)25-4/h5-8,20H,9H2,1-4H3. The molecule has 0 radical (unpaired) electrons. The smallest absolute Gasteiger partial charge is 0.355 e. The summed E-state index contributed by atoms with van der Waals surface area (Å²) in [6.07, 6.45) is 0. The Labute approximate surface area is 155 Å². The number of nitrogens with one attached hydrogen (secondary N) is 1. The van der Waals surface area contributed by atoms with E-state index in [-0.39, 0.29) is 24.0 Å². The maximum absolute atomic E-state index is 12.3. The highest BCUT2D eigenvalue weighted by molar-refractivity contribution is 6.01. The summed E-state index contributed by atoms with van der Waals surface area (Å²) >= 11 is 0. The highest BCUT2D eigenvalue weighted by atomic mass is 16.6. The highest BCUT2D eigenvalue weighted by Gasteiger charge is 2.21. The summed E-state index contributed by atoms with van der Waals surface area (Å²) in [4.78, 5) is 31.1. The first-order chi connectivity index (χ1) is 12.9. The molecule has 3 rings (SSSR count). The highest BCUT2D eigenvalue weighted by Crippen LogP contribution is 2.22. The molecule has 3 aromatic rings. The molecule has 0 aliphatic heterocycles. The quantitative estimate of drug-likeness (QED) is 0.525. The molecule has 27 heavy (non-hydrogen) atoms. The van der Waals surface area contributed by atoms with Gasteiger partial charge in [-0.15, -0.1) is 0 Å². The molecule has 0 aliphatic rings. The molecule has 0 atom stereocenters. The Morgan fingerprint density at radius 2 is 2.04 bits per heavy atom. The molecule has 0 saturated carbocycles. The second-order valence-corrected chi connectivity index (χ2v) is 6.00. The Hall–Kier alpha value is -3.42. The number of nitrogens with zero attached hydrogens (tertiary/aromatic N) is 2. The Kier molecular flexibility index (Phi) is 5.07. The zero-order valence-corrected chi connectivity index (χ0v) is 15.5. The molecule has 0 unspecified atom stereocenters. The van der Waals surface area contributed by atoms with Crippen LogP contribution in [0.1, 0.15) is 44.9 Å². The van der Waals surface area contributed by atoms with Crippen LogP contribution in [0.4, 0.5) is 0 Å². The van der Waals surface area contributed by atoms with Gasteiger partial charge in [-0.25, -0.2) is 4.79 Å². The zero-order valence-electron chi connectivity index (χ0n) is 15.5. The lowest BCUT2D eigenvalue weighted by Gasteiger charge is -2.01. The monoisotopic (exact) mass is 369 g/mol. The predicted octanol–water partition coefficient (Wildman–Crippen LogP) is 3.25. The molecule has 2 heterocycles. The first-order valence-corrected chi connectivity index (χ1v) is 8.25. The van der Waals surface area contributed by atoms with Gasteiger partial charge in [0, 0.05) is 16.8 Å². The molecule has 0 amide bonds. The number of H-pyrrole nitrogens is 1. The zero-order chi connectivity index (χ0) is 19.6. The van der Waals surface area contributed by atoms with Gasteiger partial charge >= 0.3 is 5.97 Å². The van der Waals surface area contributed by atoms with Crippen molar-refractivity contribution in [3.05, 3.63) is 52.7 Å². The number of esters is 1. The molecule has 0 spiro atoms. The van der Waals surface area contributed by atoms with Gasteiger partial charge < -0.3 is 19.0 Å². The fraction of sp³-hybridized carbons (Fsp3) is 0.263. The van der Waals surface area contributed by atoms with Crippen molar-refractivity contribution in [1.82, 2.24) is 15.1 Å². The third kappa shape index (κ3) is 3.74. The number of methoxy groups -OCH3 is 1. The molecule has 0 bridgehead atoms. The lowest BCUT2D eigenvalue weighted by molar-refractivity contribution is 0.0422. The van der Waals surface area contributed by atoms with E-state index in [0.29, 0.717) is 28.4 Å². The fourth-order valence-electron chi connectivity index (χ4n) is 2.87. The van der Waals surface area contributed by atoms with Crippen LogP contribution in [0.5, 0.6) is 5.75 Å². The third-order valence-electron chi connectivity index (χ3n) is 4.12. The first kappa shape index (κ1) is 18.4. The summed E-state index contributed by atoms with van der Waals surface area (Å²) < 4.78 is 15.5. The van der Waals surface area contributed by atoms with Gasteiger partial charge in [0.2, 0.25) is 5.82 Å². The Balaban J connectivity index is 1.71. The molecule has 0 fully saturated rings. The summed E-state index contributed by atoms with van der Waals surface area (Å²) in [6.45, 7) is 4.71. The van der Waals surface area contributed by atoms with Gasteiger partial charge in [0.1, 0.15) is 11.4 Å². The van der Waals surface area contributed by atoms with Crippen LogP contribution in [-0.4, -0.2) is 34.0 Å². The van der Waals surface area contributed by atoms with E-state index in [1.54, 1.807) is 27.0 Å². The van der Waals surface area contributed by atoms with Crippen LogP contribution in [0, 0.1) is 13.8 Å². The number of hydrogen-bond donors (Lipinski definition) is 1. The molecule has 1 aromatic carbocycles. The van der Waals surface area contributed by atoms with Crippen LogP contribution in [0.25, 0.3) is 11.4 Å². The van der Waals surface area contributed by atoms with Crippen LogP contribution in [0.15, 0.2) is 28.8 Å². The van der Waals surface area contributed by atoms with E-state index >= 15 is 0 Å². The molecular formula is C19H19N3O5.